The van der Waals surface area contributed by atoms with Gasteiger partial charge in [-0.2, -0.15) is 0 Å². The van der Waals surface area contributed by atoms with E-state index in [1.165, 1.54) is 0 Å². The highest BCUT2D eigenvalue weighted by molar-refractivity contribution is 6.09. The van der Waals surface area contributed by atoms with Crippen LogP contribution in [0.25, 0.3) is 0 Å². The molecule has 0 spiro atoms. The van der Waals surface area contributed by atoms with Gasteiger partial charge in [0.25, 0.3) is 0 Å². The quantitative estimate of drug-likeness (QED) is 0.703. The SMILES string of the molecule is Cc1ccc(N2CCC(C(=O)N3CCCN(CC(=O)N4CCCC4)CC3)C2=O)cc1. The predicted molar refractivity (Wildman–Crippen MR) is 115 cm³/mol. The molecule has 1 aromatic rings. The molecular formula is C23H32N4O3. The van der Waals surface area contributed by atoms with E-state index >= 15 is 0 Å². The summed E-state index contributed by atoms with van der Waals surface area (Å²) >= 11 is 0. The first kappa shape index (κ1) is 20.8. The predicted octanol–water partition coefficient (Wildman–Crippen LogP) is 1.50. The van der Waals surface area contributed by atoms with Gasteiger partial charge in [-0.15, -0.1) is 0 Å². The summed E-state index contributed by atoms with van der Waals surface area (Å²) < 4.78 is 0. The van der Waals surface area contributed by atoms with Crippen molar-refractivity contribution in [3.63, 3.8) is 0 Å². The van der Waals surface area contributed by atoms with Crippen molar-refractivity contribution in [3.8, 4) is 0 Å². The molecule has 3 aliphatic rings. The van der Waals surface area contributed by atoms with E-state index in [0.29, 0.717) is 39.1 Å². The van der Waals surface area contributed by atoms with Gasteiger partial charge in [-0.3, -0.25) is 19.3 Å². The third kappa shape index (κ3) is 4.51. The van der Waals surface area contributed by atoms with Crippen LogP contribution in [0, 0.1) is 12.8 Å². The summed E-state index contributed by atoms with van der Waals surface area (Å²) in [6, 6.07) is 7.87. The Hall–Kier alpha value is -2.41. The Kier molecular flexibility index (Phi) is 6.37. The summed E-state index contributed by atoms with van der Waals surface area (Å²) in [7, 11) is 0. The van der Waals surface area contributed by atoms with Crippen LogP contribution in [0.3, 0.4) is 0 Å². The Labute approximate surface area is 178 Å². The number of benzene rings is 1. The summed E-state index contributed by atoms with van der Waals surface area (Å²) in [4.78, 5) is 46.2. The molecule has 4 rings (SSSR count). The highest BCUT2D eigenvalue weighted by Gasteiger charge is 2.40. The maximum atomic E-state index is 13.1. The van der Waals surface area contributed by atoms with Gasteiger partial charge >= 0.3 is 0 Å². The highest BCUT2D eigenvalue weighted by atomic mass is 16.2. The molecule has 1 unspecified atom stereocenters. The Morgan fingerprint density at radius 3 is 2.30 bits per heavy atom. The van der Waals surface area contributed by atoms with Gasteiger partial charge in [-0.1, -0.05) is 17.7 Å². The molecule has 7 nitrogen and oxygen atoms in total. The normalized spacial score (nSPS) is 23.2. The van der Waals surface area contributed by atoms with Gasteiger partial charge in [0, 0.05) is 51.5 Å². The fourth-order valence-electron chi connectivity index (χ4n) is 4.72. The molecule has 0 bridgehead atoms. The van der Waals surface area contributed by atoms with Crippen LogP contribution in [0.5, 0.6) is 0 Å². The number of likely N-dealkylation sites (tertiary alicyclic amines) is 1. The molecule has 1 atom stereocenters. The van der Waals surface area contributed by atoms with Gasteiger partial charge in [0.15, 0.2) is 0 Å². The molecular weight excluding hydrogens is 380 g/mol. The monoisotopic (exact) mass is 412 g/mol. The van der Waals surface area contributed by atoms with Crippen molar-refractivity contribution in [1.82, 2.24) is 14.7 Å². The number of anilines is 1. The fraction of sp³-hybridized carbons (Fsp3) is 0.609. The molecule has 162 valence electrons. The van der Waals surface area contributed by atoms with Crippen molar-refractivity contribution in [1.29, 1.82) is 0 Å². The summed E-state index contributed by atoms with van der Waals surface area (Å²) in [6.07, 6.45) is 3.60. The van der Waals surface area contributed by atoms with E-state index in [4.69, 9.17) is 0 Å². The van der Waals surface area contributed by atoms with E-state index in [1.54, 1.807) is 4.90 Å². The second kappa shape index (κ2) is 9.16. The van der Waals surface area contributed by atoms with Gasteiger partial charge in [0.2, 0.25) is 17.7 Å². The minimum atomic E-state index is -0.580. The van der Waals surface area contributed by atoms with Gasteiger partial charge in [-0.25, -0.2) is 0 Å². The minimum absolute atomic E-state index is 0.0534. The summed E-state index contributed by atoms with van der Waals surface area (Å²) in [5.41, 5.74) is 2.01. The minimum Gasteiger partial charge on any atom is -0.342 e. The van der Waals surface area contributed by atoms with Crippen LogP contribution in [-0.4, -0.2) is 84.8 Å². The number of rotatable bonds is 4. The average molecular weight is 413 g/mol. The van der Waals surface area contributed by atoms with Gasteiger partial charge < -0.3 is 14.7 Å². The molecule has 0 N–H and O–H groups in total. The number of amides is 3. The third-order valence-corrected chi connectivity index (χ3v) is 6.57. The number of carbonyl (C=O) groups excluding carboxylic acids is 3. The zero-order valence-corrected chi connectivity index (χ0v) is 17.9. The molecule has 0 radical (unpaired) electrons. The van der Waals surface area contributed by atoms with Crippen molar-refractivity contribution < 1.29 is 14.4 Å². The van der Waals surface area contributed by atoms with Crippen molar-refractivity contribution in [2.45, 2.75) is 32.6 Å². The number of nitrogens with zero attached hydrogens (tertiary/aromatic N) is 4. The van der Waals surface area contributed by atoms with Gasteiger partial charge in [0.05, 0.1) is 6.54 Å². The Balaban J connectivity index is 1.32. The Bertz CT molecular complexity index is 788. The molecule has 3 amide bonds. The molecule has 7 heteroatoms. The lowest BCUT2D eigenvalue weighted by Crippen LogP contribution is -2.43. The second-order valence-corrected chi connectivity index (χ2v) is 8.71. The van der Waals surface area contributed by atoms with Crippen LogP contribution in [0.4, 0.5) is 5.69 Å². The molecule has 0 aliphatic carbocycles. The van der Waals surface area contributed by atoms with E-state index < -0.39 is 5.92 Å². The molecule has 0 saturated carbocycles. The Morgan fingerprint density at radius 1 is 0.867 bits per heavy atom. The first-order chi connectivity index (χ1) is 14.5. The van der Waals surface area contributed by atoms with Crippen molar-refractivity contribution >= 4 is 23.4 Å². The largest absolute Gasteiger partial charge is 0.342 e. The summed E-state index contributed by atoms with van der Waals surface area (Å²) in [5.74, 6) is -0.521. The number of hydrogen-bond donors (Lipinski definition) is 0. The molecule has 3 aliphatic heterocycles. The first-order valence-electron chi connectivity index (χ1n) is 11.2. The average Bonchev–Trinajstić information content (AvgIpc) is 3.35. The van der Waals surface area contributed by atoms with E-state index in [0.717, 1.165) is 50.1 Å². The standard InChI is InChI=1S/C23H32N4O3/c1-18-5-7-19(8-6-18)27-14-9-20(23(27)30)22(29)26-13-4-10-24(15-16-26)17-21(28)25-11-2-3-12-25/h5-8,20H,2-4,9-17H2,1H3. The number of carbonyl (C=O) groups is 3. The van der Waals surface area contributed by atoms with E-state index in [1.807, 2.05) is 41.0 Å². The summed E-state index contributed by atoms with van der Waals surface area (Å²) in [6.45, 7) is 7.53. The van der Waals surface area contributed by atoms with Crippen LogP contribution in [-0.2, 0) is 14.4 Å². The third-order valence-electron chi connectivity index (χ3n) is 6.57. The summed E-state index contributed by atoms with van der Waals surface area (Å²) in [5, 5.41) is 0. The van der Waals surface area contributed by atoms with Crippen LogP contribution in [0.2, 0.25) is 0 Å². The molecule has 0 aromatic heterocycles. The van der Waals surface area contributed by atoms with Crippen molar-refractivity contribution in [2.75, 3.05) is 57.3 Å². The van der Waals surface area contributed by atoms with Crippen LogP contribution >= 0.6 is 0 Å². The van der Waals surface area contributed by atoms with Crippen LogP contribution in [0.15, 0.2) is 24.3 Å². The number of hydrogen-bond acceptors (Lipinski definition) is 4. The zero-order chi connectivity index (χ0) is 21.1. The van der Waals surface area contributed by atoms with Crippen LogP contribution in [0.1, 0.15) is 31.2 Å². The maximum Gasteiger partial charge on any atom is 0.239 e. The van der Waals surface area contributed by atoms with E-state index in [9.17, 15) is 14.4 Å². The van der Waals surface area contributed by atoms with Gasteiger partial charge in [-0.05, 0) is 44.7 Å². The smallest absolute Gasteiger partial charge is 0.239 e. The van der Waals surface area contributed by atoms with Crippen LogP contribution < -0.4 is 4.90 Å². The lowest BCUT2D eigenvalue weighted by molar-refractivity contribution is -0.139. The molecule has 3 heterocycles. The highest BCUT2D eigenvalue weighted by Crippen LogP contribution is 2.27. The molecule has 3 fully saturated rings. The topological polar surface area (TPSA) is 64.2 Å². The van der Waals surface area contributed by atoms with E-state index in [-0.39, 0.29) is 17.7 Å². The number of aryl methyl sites for hydroxylation is 1. The molecule has 3 saturated heterocycles. The second-order valence-electron chi connectivity index (χ2n) is 8.71. The lowest BCUT2D eigenvalue weighted by Gasteiger charge is -2.25. The van der Waals surface area contributed by atoms with Crippen molar-refractivity contribution in [2.24, 2.45) is 5.92 Å². The lowest BCUT2D eigenvalue weighted by atomic mass is 10.1. The Morgan fingerprint density at radius 2 is 1.57 bits per heavy atom. The first-order valence-corrected chi connectivity index (χ1v) is 11.2. The maximum absolute atomic E-state index is 13.1. The fourth-order valence-corrected chi connectivity index (χ4v) is 4.72. The van der Waals surface area contributed by atoms with Crippen molar-refractivity contribution in [3.05, 3.63) is 29.8 Å². The van der Waals surface area contributed by atoms with E-state index in [2.05, 4.69) is 4.90 Å². The van der Waals surface area contributed by atoms with Gasteiger partial charge in [0.1, 0.15) is 5.92 Å². The molecule has 30 heavy (non-hydrogen) atoms. The zero-order valence-electron chi connectivity index (χ0n) is 17.9. The molecule has 1 aromatic carbocycles.